The number of hydrogen-bond donors (Lipinski definition) is 1. The van der Waals surface area contributed by atoms with Crippen molar-refractivity contribution < 1.29 is 9.47 Å². The molecule has 0 spiro atoms. The van der Waals surface area contributed by atoms with Crippen LogP contribution in [0.5, 0.6) is 5.75 Å². The molecule has 0 aromatic heterocycles. The SMILES string of the molecule is CC[C@@H](N)c1ccccc1OCCC1CCCO1. The first-order chi connectivity index (χ1) is 8.81. The lowest BCUT2D eigenvalue weighted by Crippen LogP contribution is -2.14. The first-order valence-electron chi connectivity index (χ1n) is 6.90. The van der Waals surface area contributed by atoms with Gasteiger partial charge in [0.2, 0.25) is 0 Å². The summed E-state index contributed by atoms with van der Waals surface area (Å²) in [5, 5.41) is 0. The maximum Gasteiger partial charge on any atom is 0.124 e. The van der Waals surface area contributed by atoms with Crippen LogP contribution in [0, 0.1) is 0 Å². The fourth-order valence-electron chi connectivity index (χ4n) is 2.31. The molecule has 1 saturated heterocycles. The van der Waals surface area contributed by atoms with Crippen molar-refractivity contribution in [3.63, 3.8) is 0 Å². The smallest absolute Gasteiger partial charge is 0.124 e. The zero-order chi connectivity index (χ0) is 12.8. The summed E-state index contributed by atoms with van der Waals surface area (Å²) in [6.07, 6.45) is 4.63. The van der Waals surface area contributed by atoms with Crippen molar-refractivity contribution >= 4 is 0 Å². The Balaban J connectivity index is 1.87. The largest absolute Gasteiger partial charge is 0.493 e. The summed E-state index contributed by atoms with van der Waals surface area (Å²) in [6.45, 7) is 3.70. The van der Waals surface area contributed by atoms with E-state index in [1.54, 1.807) is 0 Å². The molecule has 1 unspecified atom stereocenters. The Bertz CT molecular complexity index is 361. The van der Waals surface area contributed by atoms with Crippen LogP contribution >= 0.6 is 0 Å². The van der Waals surface area contributed by atoms with Gasteiger partial charge < -0.3 is 15.2 Å². The number of hydrogen-bond acceptors (Lipinski definition) is 3. The quantitative estimate of drug-likeness (QED) is 0.842. The minimum absolute atomic E-state index is 0.0592. The molecule has 2 atom stereocenters. The van der Waals surface area contributed by atoms with E-state index in [1.807, 2.05) is 18.2 Å². The molecular weight excluding hydrogens is 226 g/mol. The zero-order valence-electron chi connectivity index (χ0n) is 11.1. The second kappa shape index (κ2) is 6.76. The molecule has 0 amide bonds. The van der Waals surface area contributed by atoms with E-state index < -0.39 is 0 Å². The van der Waals surface area contributed by atoms with Gasteiger partial charge in [-0.05, 0) is 25.3 Å². The normalized spacial score (nSPS) is 20.9. The van der Waals surface area contributed by atoms with Gasteiger partial charge in [-0.25, -0.2) is 0 Å². The average molecular weight is 249 g/mol. The van der Waals surface area contributed by atoms with Crippen LogP contribution in [-0.4, -0.2) is 19.3 Å². The molecular formula is C15H23NO2. The van der Waals surface area contributed by atoms with E-state index in [0.717, 1.165) is 30.8 Å². The van der Waals surface area contributed by atoms with Gasteiger partial charge in [-0.15, -0.1) is 0 Å². The van der Waals surface area contributed by atoms with E-state index in [0.29, 0.717) is 12.7 Å². The van der Waals surface area contributed by atoms with E-state index in [9.17, 15) is 0 Å². The second-order valence-corrected chi connectivity index (χ2v) is 4.82. The van der Waals surface area contributed by atoms with Crippen LogP contribution in [0.15, 0.2) is 24.3 Å². The topological polar surface area (TPSA) is 44.5 Å². The molecule has 1 fully saturated rings. The Hall–Kier alpha value is -1.06. The number of para-hydroxylation sites is 1. The first kappa shape index (κ1) is 13.4. The highest BCUT2D eigenvalue weighted by Crippen LogP contribution is 2.26. The molecule has 1 aromatic rings. The van der Waals surface area contributed by atoms with E-state index in [-0.39, 0.29) is 6.04 Å². The van der Waals surface area contributed by atoms with E-state index in [2.05, 4.69) is 13.0 Å². The first-order valence-corrected chi connectivity index (χ1v) is 6.90. The molecule has 3 nitrogen and oxygen atoms in total. The van der Waals surface area contributed by atoms with Crippen molar-refractivity contribution in [3.8, 4) is 5.75 Å². The number of rotatable bonds is 6. The average Bonchev–Trinajstić information content (AvgIpc) is 2.92. The summed E-state index contributed by atoms with van der Waals surface area (Å²) in [5.41, 5.74) is 7.19. The van der Waals surface area contributed by atoms with Gasteiger partial charge in [-0.3, -0.25) is 0 Å². The lowest BCUT2D eigenvalue weighted by Gasteiger charge is -2.16. The highest BCUT2D eigenvalue weighted by atomic mass is 16.5. The third kappa shape index (κ3) is 3.47. The number of ether oxygens (including phenoxy) is 2. The van der Waals surface area contributed by atoms with Crippen molar-refractivity contribution in [2.75, 3.05) is 13.2 Å². The van der Waals surface area contributed by atoms with Crippen LogP contribution in [0.25, 0.3) is 0 Å². The van der Waals surface area contributed by atoms with Crippen molar-refractivity contribution in [1.29, 1.82) is 0 Å². The van der Waals surface area contributed by atoms with E-state index in [1.165, 1.54) is 12.8 Å². The summed E-state index contributed by atoms with van der Waals surface area (Å²) in [6, 6.07) is 8.12. The molecule has 2 N–H and O–H groups in total. The van der Waals surface area contributed by atoms with Crippen molar-refractivity contribution in [2.24, 2.45) is 5.73 Å². The molecule has 0 saturated carbocycles. The summed E-state index contributed by atoms with van der Waals surface area (Å²) < 4.78 is 11.4. The summed E-state index contributed by atoms with van der Waals surface area (Å²) >= 11 is 0. The van der Waals surface area contributed by atoms with Crippen molar-refractivity contribution in [2.45, 2.75) is 44.8 Å². The fraction of sp³-hybridized carbons (Fsp3) is 0.600. The summed E-state index contributed by atoms with van der Waals surface area (Å²) in [5.74, 6) is 0.921. The van der Waals surface area contributed by atoms with E-state index >= 15 is 0 Å². The molecule has 2 rings (SSSR count). The van der Waals surface area contributed by atoms with Gasteiger partial charge in [0.15, 0.2) is 0 Å². The molecule has 0 bridgehead atoms. The number of nitrogens with two attached hydrogens (primary N) is 1. The molecule has 1 aliphatic heterocycles. The lowest BCUT2D eigenvalue weighted by molar-refractivity contribution is 0.0901. The van der Waals surface area contributed by atoms with Crippen LogP contribution in [0.1, 0.15) is 44.2 Å². The minimum atomic E-state index is 0.0592. The van der Waals surface area contributed by atoms with Gasteiger partial charge >= 0.3 is 0 Å². The Morgan fingerprint density at radius 3 is 3.00 bits per heavy atom. The zero-order valence-corrected chi connectivity index (χ0v) is 11.1. The predicted octanol–water partition coefficient (Wildman–Crippen LogP) is 3.04. The predicted molar refractivity (Wildman–Crippen MR) is 72.7 cm³/mol. The van der Waals surface area contributed by atoms with E-state index in [4.69, 9.17) is 15.2 Å². The van der Waals surface area contributed by atoms with Gasteiger partial charge in [0, 0.05) is 24.6 Å². The Morgan fingerprint density at radius 2 is 2.28 bits per heavy atom. The molecule has 1 aliphatic rings. The van der Waals surface area contributed by atoms with Crippen LogP contribution in [0.3, 0.4) is 0 Å². The third-order valence-corrected chi connectivity index (χ3v) is 3.48. The van der Waals surface area contributed by atoms with Crippen molar-refractivity contribution in [1.82, 2.24) is 0 Å². The molecule has 18 heavy (non-hydrogen) atoms. The summed E-state index contributed by atoms with van der Waals surface area (Å²) in [4.78, 5) is 0. The van der Waals surface area contributed by atoms with Crippen LogP contribution < -0.4 is 10.5 Å². The van der Waals surface area contributed by atoms with Crippen LogP contribution in [0.4, 0.5) is 0 Å². The molecule has 3 heteroatoms. The highest BCUT2D eigenvalue weighted by Gasteiger charge is 2.16. The maximum atomic E-state index is 6.08. The molecule has 1 heterocycles. The van der Waals surface area contributed by atoms with Gasteiger partial charge in [-0.1, -0.05) is 25.1 Å². The minimum Gasteiger partial charge on any atom is -0.493 e. The van der Waals surface area contributed by atoms with Gasteiger partial charge in [-0.2, -0.15) is 0 Å². The fourth-order valence-corrected chi connectivity index (χ4v) is 2.31. The second-order valence-electron chi connectivity index (χ2n) is 4.82. The molecule has 0 aliphatic carbocycles. The molecule has 100 valence electrons. The summed E-state index contributed by atoms with van der Waals surface area (Å²) in [7, 11) is 0. The van der Waals surface area contributed by atoms with Crippen LogP contribution in [-0.2, 0) is 4.74 Å². The Labute approximate surface area is 109 Å². The van der Waals surface area contributed by atoms with Crippen molar-refractivity contribution in [3.05, 3.63) is 29.8 Å². The van der Waals surface area contributed by atoms with Gasteiger partial charge in [0.25, 0.3) is 0 Å². The molecule has 0 radical (unpaired) electrons. The monoisotopic (exact) mass is 249 g/mol. The third-order valence-electron chi connectivity index (χ3n) is 3.48. The maximum absolute atomic E-state index is 6.08. The van der Waals surface area contributed by atoms with Crippen LogP contribution in [0.2, 0.25) is 0 Å². The standard InChI is InChI=1S/C15H23NO2/c1-2-14(16)13-7-3-4-8-15(13)18-11-9-12-6-5-10-17-12/h3-4,7-8,12,14H,2,5-6,9-11,16H2,1H3/t12?,14-/m1/s1. The highest BCUT2D eigenvalue weighted by molar-refractivity contribution is 5.35. The Morgan fingerprint density at radius 1 is 1.44 bits per heavy atom. The van der Waals surface area contributed by atoms with Gasteiger partial charge in [0.05, 0.1) is 12.7 Å². The number of benzene rings is 1. The van der Waals surface area contributed by atoms with Gasteiger partial charge in [0.1, 0.15) is 5.75 Å². The molecule has 1 aromatic carbocycles. The Kier molecular flexibility index (Phi) is 5.02. The lowest BCUT2D eigenvalue weighted by atomic mass is 10.0.